The predicted octanol–water partition coefficient (Wildman–Crippen LogP) is 1.73. The van der Waals surface area contributed by atoms with Crippen LogP contribution in [0.2, 0.25) is 0 Å². The minimum atomic E-state index is -4.34. The number of halogens is 3. The van der Waals surface area contributed by atoms with Crippen LogP contribution in [0.25, 0.3) is 0 Å². The molecular weight excluding hydrogens is 389 g/mol. The summed E-state index contributed by atoms with van der Waals surface area (Å²) in [5.74, 6) is -0.427. The molecule has 1 atom stereocenters. The van der Waals surface area contributed by atoms with Crippen LogP contribution in [0, 0.1) is 0 Å². The van der Waals surface area contributed by atoms with Gasteiger partial charge in [0, 0.05) is 38.6 Å². The highest BCUT2D eigenvalue weighted by atomic mass is 19.4. The molecular formula is C19H23F3N4O3. The van der Waals surface area contributed by atoms with E-state index in [0.29, 0.717) is 19.5 Å². The molecule has 1 aromatic carbocycles. The Morgan fingerprint density at radius 1 is 1.21 bits per heavy atom. The zero-order chi connectivity index (χ0) is 21.0. The fourth-order valence-corrected chi connectivity index (χ4v) is 3.53. The van der Waals surface area contributed by atoms with Gasteiger partial charge in [0.25, 0.3) is 0 Å². The number of hydrogen-bond donors (Lipinski definition) is 2. The monoisotopic (exact) mass is 412 g/mol. The summed E-state index contributed by atoms with van der Waals surface area (Å²) in [5, 5.41) is 5.37. The lowest BCUT2D eigenvalue weighted by Gasteiger charge is -2.17. The Labute approximate surface area is 166 Å². The summed E-state index contributed by atoms with van der Waals surface area (Å²) in [5.41, 5.74) is 0.124. The van der Waals surface area contributed by atoms with Crippen LogP contribution in [-0.2, 0) is 22.3 Å². The van der Waals surface area contributed by atoms with E-state index < -0.39 is 17.8 Å². The molecule has 2 heterocycles. The molecule has 29 heavy (non-hydrogen) atoms. The molecule has 2 N–H and O–H groups in total. The summed E-state index contributed by atoms with van der Waals surface area (Å²) in [7, 11) is 0. The molecule has 158 valence electrons. The fraction of sp³-hybridized carbons (Fsp3) is 0.526. The number of rotatable bonds is 7. The van der Waals surface area contributed by atoms with Gasteiger partial charge in [0.15, 0.2) is 0 Å². The van der Waals surface area contributed by atoms with Crippen LogP contribution >= 0.6 is 0 Å². The van der Waals surface area contributed by atoms with Gasteiger partial charge in [-0.3, -0.25) is 19.4 Å². The van der Waals surface area contributed by atoms with Crippen LogP contribution in [-0.4, -0.2) is 59.9 Å². The molecule has 2 aliphatic rings. The van der Waals surface area contributed by atoms with Gasteiger partial charge >= 0.3 is 12.2 Å². The maximum Gasteiger partial charge on any atom is 0.416 e. The highest BCUT2D eigenvalue weighted by Crippen LogP contribution is 2.29. The topological polar surface area (TPSA) is 81.8 Å². The van der Waals surface area contributed by atoms with E-state index in [1.807, 2.05) is 0 Å². The highest BCUT2D eigenvalue weighted by molar-refractivity contribution is 6.01. The predicted molar refractivity (Wildman–Crippen MR) is 97.6 cm³/mol. The van der Waals surface area contributed by atoms with E-state index in [-0.39, 0.29) is 37.4 Å². The number of urea groups is 1. The van der Waals surface area contributed by atoms with Crippen LogP contribution in [0.5, 0.6) is 0 Å². The number of benzene rings is 1. The van der Waals surface area contributed by atoms with Crippen molar-refractivity contribution in [3.63, 3.8) is 0 Å². The molecule has 2 fully saturated rings. The quantitative estimate of drug-likeness (QED) is 0.669. The van der Waals surface area contributed by atoms with E-state index in [1.54, 1.807) is 0 Å². The van der Waals surface area contributed by atoms with Gasteiger partial charge in [-0.05, 0) is 30.5 Å². The van der Waals surface area contributed by atoms with Crippen molar-refractivity contribution in [1.82, 2.24) is 20.4 Å². The average Bonchev–Trinajstić information content (AvgIpc) is 3.22. The van der Waals surface area contributed by atoms with Gasteiger partial charge < -0.3 is 10.6 Å². The smallest absolute Gasteiger partial charge is 0.352 e. The number of nitrogens with one attached hydrogen (secondary N) is 2. The number of likely N-dealkylation sites (tertiary alicyclic amines) is 1. The van der Waals surface area contributed by atoms with Crippen molar-refractivity contribution in [1.29, 1.82) is 0 Å². The van der Waals surface area contributed by atoms with Crippen molar-refractivity contribution in [3.8, 4) is 0 Å². The first-order valence-electron chi connectivity index (χ1n) is 9.48. The Morgan fingerprint density at radius 2 is 1.93 bits per heavy atom. The van der Waals surface area contributed by atoms with E-state index in [9.17, 15) is 27.6 Å². The third-order valence-electron chi connectivity index (χ3n) is 5.05. The molecule has 0 aromatic heterocycles. The number of amides is 4. The molecule has 1 unspecified atom stereocenters. The van der Waals surface area contributed by atoms with Crippen LogP contribution < -0.4 is 10.6 Å². The van der Waals surface area contributed by atoms with Gasteiger partial charge in [-0.1, -0.05) is 12.1 Å². The molecule has 1 aromatic rings. The number of alkyl halides is 3. The van der Waals surface area contributed by atoms with Gasteiger partial charge in [0.2, 0.25) is 11.8 Å². The molecule has 0 aliphatic carbocycles. The molecule has 0 saturated carbocycles. The Bertz CT molecular complexity index is 751. The fourth-order valence-electron chi connectivity index (χ4n) is 3.53. The van der Waals surface area contributed by atoms with Gasteiger partial charge in [-0.2, -0.15) is 13.2 Å². The van der Waals surface area contributed by atoms with E-state index in [4.69, 9.17) is 0 Å². The summed E-state index contributed by atoms with van der Waals surface area (Å²) >= 11 is 0. The van der Waals surface area contributed by atoms with Crippen LogP contribution in [0.15, 0.2) is 24.3 Å². The van der Waals surface area contributed by atoms with Crippen molar-refractivity contribution in [3.05, 3.63) is 35.4 Å². The van der Waals surface area contributed by atoms with Crippen molar-refractivity contribution >= 4 is 17.8 Å². The average molecular weight is 412 g/mol. The molecule has 2 aliphatic heterocycles. The third kappa shape index (κ3) is 5.69. The maximum absolute atomic E-state index is 12.6. The zero-order valence-electron chi connectivity index (χ0n) is 15.8. The lowest BCUT2D eigenvalue weighted by Crippen LogP contribution is -2.37. The number of nitrogens with zero attached hydrogens (tertiary/aromatic N) is 2. The molecule has 0 bridgehead atoms. The van der Waals surface area contributed by atoms with Crippen molar-refractivity contribution in [2.45, 2.75) is 38.0 Å². The number of hydrogen-bond acceptors (Lipinski definition) is 4. The second-order valence-electron chi connectivity index (χ2n) is 7.29. The number of carbonyl (C=O) groups is 3. The van der Waals surface area contributed by atoms with Gasteiger partial charge in [0.05, 0.1) is 12.1 Å². The maximum atomic E-state index is 12.6. The second-order valence-corrected chi connectivity index (χ2v) is 7.29. The Morgan fingerprint density at radius 3 is 2.55 bits per heavy atom. The standard InChI is InChI=1S/C19H23F3N4O3/c20-19(21,22)14-5-3-13(4-6-14)11-25-9-7-15(12-25)24-16(27)2-1-8-26-17(28)10-23-18(26)29/h3-6,15H,1-2,7-12H2,(H,23,29)(H,24,27). The minimum absolute atomic E-state index is 0.00186. The molecule has 0 spiro atoms. The summed E-state index contributed by atoms with van der Waals surface area (Å²) in [6, 6.07) is 4.67. The Kier molecular flexibility index (Phi) is 6.41. The van der Waals surface area contributed by atoms with Crippen LogP contribution in [0.4, 0.5) is 18.0 Å². The van der Waals surface area contributed by atoms with E-state index in [1.165, 1.54) is 12.1 Å². The first-order valence-corrected chi connectivity index (χ1v) is 9.48. The largest absolute Gasteiger partial charge is 0.416 e. The van der Waals surface area contributed by atoms with Crippen molar-refractivity contribution < 1.29 is 27.6 Å². The third-order valence-corrected chi connectivity index (χ3v) is 5.05. The van der Waals surface area contributed by atoms with E-state index >= 15 is 0 Å². The molecule has 2 saturated heterocycles. The lowest BCUT2D eigenvalue weighted by atomic mass is 10.1. The summed E-state index contributed by atoms with van der Waals surface area (Å²) in [6.45, 7) is 2.11. The Hall–Kier alpha value is -2.62. The second kappa shape index (κ2) is 8.81. The summed E-state index contributed by atoms with van der Waals surface area (Å²) < 4.78 is 37.9. The molecule has 10 heteroatoms. The molecule has 4 amide bonds. The van der Waals surface area contributed by atoms with Gasteiger partial charge in [-0.15, -0.1) is 0 Å². The lowest BCUT2D eigenvalue weighted by molar-refractivity contribution is -0.137. The van der Waals surface area contributed by atoms with Crippen molar-refractivity contribution in [2.75, 3.05) is 26.2 Å². The number of carbonyl (C=O) groups excluding carboxylic acids is 3. The SMILES string of the molecule is O=C(CCCN1C(=O)CNC1=O)NC1CCN(Cc2ccc(C(F)(F)F)cc2)C1. The van der Waals surface area contributed by atoms with Gasteiger partial charge in [-0.25, -0.2) is 4.79 Å². The summed E-state index contributed by atoms with van der Waals surface area (Å²) in [6.07, 6.45) is -2.97. The Balaban J connectivity index is 1.37. The van der Waals surface area contributed by atoms with Gasteiger partial charge in [0.1, 0.15) is 0 Å². The van der Waals surface area contributed by atoms with Crippen LogP contribution in [0.1, 0.15) is 30.4 Å². The summed E-state index contributed by atoms with van der Waals surface area (Å²) in [4.78, 5) is 38.2. The highest BCUT2D eigenvalue weighted by Gasteiger charge is 2.30. The van der Waals surface area contributed by atoms with E-state index in [2.05, 4.69) is 15.5 Å². The van der Waals surface area contributed by atoms with E-state index in [0.717, 1.165) is 35.6 Å². The molecule has 3 rings (SSSR count). The number of imide groups is 1. The van der Waals surface area contributed by atoms with Crippen LogP contribution in [0.3, 0.4) is 0 Å². The molecule has 0 radical (unpaired) electrons. The first-order chi connectivity index (χ1) is 13.7. The molecule has 7 nitrogen and oxygen atoms in total. The van der Waals surface area contributed by atoms with Crippen molar-refractivity contribution in [2.24, 2.45) is 0 Å². The normalized spacial score (nSPS) is 20.2. The minimum Gasteiger partial charge on any atom is -0.352 e. The zero-order valence-corrected chi connectivity index (χ0v) is 15.8. The first kappa shape index (κ1) is 21.1.